The molecule has 0 radical (unpaired) electrons. The lowest BCUT2D eigenvalue weighted by Gasteiger charge is -2.25. The Morgan fingerprint density at radius 1 is 1.21 bits per heavy atom. The highest BCUT2D eigenvalue weighted by Crippen LogP contribution is 2.38. The van der Waals surface area contributed by atoms with Crippen molar-refractivity contribution in [2.75, 3.05) is 12.9 Å². The van der Waals surface area contributed by atoms with Crippen LogP contribution in [-0.2, 0) is 20.4 Å². The van der Waals surface area contributed by atoms with Crippen molar-refractivity contribution in [2.24, 2.45) is 10.7 Å². The van der Waals surface area contributed by atoms with Gasteiger partial charge in [-0.1, -0.05) is 40.2 Å². The van der Waals surface area contributed by atoms with Crippen LogP contribution < -0.4 is 9.92 Å². The first-order valence-corrected chi connectivity index (χ1v) is 9.64. The molecule has 1 heterocycles. The van der Waals surface area contributed by atoms with Gasteiger partial charge in [-0.05, 0) is 35.4 Å². The highest BCUT2D eigenvalue weighted by molar-refractivity contribution is 9.10. The van der Waals surface area contributed by atoms with Gasteiger partial charge < -0.3 is 14.7 Å². The van der Waals surface area contributed by atoms with Gasteiger partial charge in [0.15, 0.2) is 5.54 Å². The fourth-order valence-electron chi connectivity index (χ4n) is 2.60. The monoisotopic (exact) mass is 410 g/mol. The minimum Gasteiger partial charge on any atom is -0.462 e. The zero-order chi connectivity index (χ0) is 17.4. The number of hydrogen-bond acceptors (Lipinski definition) is 6. The van der Waals surface area contributed by atoms with Crippen LogP contribution in [-0.4, -0.2) is 27.3 Å². The average Bonchev–Trinajstić information content (AvgIpc) is 2.90. The number of nitrogens with zero attached hydrogens (tertiary/aromatic N) is 1. The normalized spacial score (nSPS) is 20.3. The third-order valence-electron chi connectivity index (χ3n) is 3.61. The number of nitrogens with two attached hydrogens (primary N) is 1. The summed E-state index contributed by atoms with van der Waals surface area (Å²) < 4.78 is 33.6. The Morgan fingerprint density at radius 3 is 2.46 bits per heavy atom. The van der Waals surface area contributed by atoms with Crippen LogP contribution in [0.2, 0.25) is 0 Å². The molecule has 1 atom stereocenters. The molecule has 0 fully saturated rings. The van der Waals surface area contributed by atoms with E-state index in [-0.39, 0.29) is 18.4 Å². The van der Waals surface area contributed by atoms with Crippen LogP contribution in [0.5, 0.6) is 5.75 Å². The molecule has 1 aliphatic heterocycles. The fourth-order valence-corrected chi connectivity index (χ4v) is 3.46. The summed E-state index contributed by atoms with van der Waals surface area (Å²) in [5, 5.41) is 0. The molecule has 3 rings (SSSR count). The standard InChI is InChI=1S/C16H15BrN2O4S/c1-24(20,21)23-14-7-5-11(6-8-14)16(10-22-15(18)19-16)12-3-2-4-13(17)9-12/h2-9H,10H2,1H3,(H2,18,19). The summed E-state index contributed by atoms with van der Waals surface area (Å²) in [5.74, 6) is 0.238. The molecule has 2 aromatic rings. The molecular weight excluding hydrogens is 396 g/mol. The van der Waals surface area contributed by atoms with E-state index in [9.17, 15) is 8.42 Å². The molecule has 1 aliphatic rings. The molecular formula is C16H15BrN2O4S. The zero-order valence-corrected chi connectivity index (χ0v) is 15.2. The molecule has 0 aromatic heterocycles. The molecule has 24 heavy (non-hydrogen) atoms. The highest BCUT2D eigenvalue weighted by atomic mass is 79.9. The smallest absolute Gasteiger partial charge is 0.306 e. The zero-order valence-electron chi connectivity index (χ0n) is 12.8. The minimum atomic E-state index is -3.57. The molecule has 2 N–H and O–H groups in total. The summed E-state index contributed by atoms with van der Waals surface area (Å²) >= 11 is 3.46. The van der Waals surface area contributed by atoms with Crippen molar-refractivity contribution >= 4 is 32.1 Å². The van der Waals surface area contributed by atoms with E-state index in [1.807, 2.05) is 24.3 Å². The molecule has 6 nitrogen and oxygen atoms in total. The number of hydrogen-bond donors (Lipinski definition) is 1. The van der Waals surface area contributed by atoms with Crippen molar-refractivity contribution in [1.29, 1.82) is 0 Å². The number of ether oxygens (including phenoxy) is 1. The minimum absolute atomic E-state index is 0.117. The number of aliphatic imine (C=N–C) groups is 1. The van der Waals surface area contributed by atoms with Crippen molar-refractivity contribution in [3.05, 3.63) is 64.1 Å². The second kappa shape index (κ2) is 6.10. The van der Waals surface area contributed by atoms with E-state index in [1.165, 1.54) is 0 Å². The molecule has 0 bridgehead atoms. The van der Waals surface area contributed by atoms with Gasteiger partial charge >= 0.3 is 10.1 Å². The maximum atomic E-state index is 11.2. The van der Waals surface area contributed by atoms with E-state index in [4.69, 9.17) is 14.7 Å². The third kappa shape index (κ3) is 3.39. The van der Waals surface area contributed by atoms with Crippen molar-refractivity contribution in [3.8, 4) is 5.75 Å². The van der Waals surface area contributed by atoms with E-state index in [0.717, 1.165) is 21.9 Å². The van der Waals surface area contributed by atoms with Crippen molar-refractivity contribution in [2.45, 2.75) is 5.54 Å². The second-order valence-electron chi connectivity index (χ2n) is 5.42. The Balaban J connectivity index is 2.05. The second-order valence-corrected chi connectivity index (χ2v) is 7.91. The largest absolute Gasteiger partial charge is 0.462 e. The van der Waals surface area contributed by atoms with E-state index in [1.54, 1.807) is 24.3 Å². The first-order valence-electron chi connectivity index (χ1n) is 7.03. The lowest BCUT2D eigenvalue weighted by molar-refractivity contribution is 0.278. The van der Waals surface area contributed by atoms with Crippen molar-refractivity contribution in [1.82, 2.24) is 0 Å². The van der Waals surface area contributed by atoms with Gasteiger partial charge in [0.05, 0.1) is 6.26 Å². The van der Waals surface area contributed by atoms with Gasteiger partial charge in [-0.3, -0.25) is 0 Å². The predicted octanol–water partition coefficient (Wildman–Crippen LogP) is 2.38. The Labute approximate surface area is 148 Å². The van der Waals surface area contributed by atoms with Gasteiger partial charge in [-0.2, -0.15) is 8.42 Å². The topological polar surface area (TPSA) is 91.0 Å². The van der Waals surface area contributed by atoms with Gasteiger partial charge in [0.2, 0.25) is 0 Å². The van der Waals surface area contributed by atoms with Gasteiger partial charge in [0, 0.05) is 4.47 Å². The quantitative estimate of drug-likeness (QED) is 0.781. The molecule has 0 saturated carbocycles. The number of benzene rings is 2. The van der Waals surface area contributed by atoms with Gasteiger partial charge in [-0.15, -0.1) is 0 Å². The summed E-state index contributed by atoms with van der Waals surface area (Å²) in [6, 6.07) is 14.5. The van der Waals surface area contributed by atoms with Crippen LogP contribution in [0.15, 0.2) is 58.0 Å². The van der Waals surface area contributed by atoms with Crippen LogP contribution in [0.4, 0.5) is 0 Å². The summed E-state index contributed by atoms with van der Waals surface area (Å²) in [6.07, 6.45) is 1.000. The number of halogens is 1. The van der Waals surface area contributed by atoms with Crippen LogP contribution in [0.1, 0.15) is 11.1 Å². The average molecular weight is 411 g/mol. The summed E-state index contributed by atoms with van der Waals surface area (Å²) in [6.45, 7) is 0.265. The molecule has 0 amide bonds. The van der Waals surface area contributed by atoms with Crippen LogP contribution in [0.25, 0.3) is 0 Å². The highest BCUT2D eigenvalue weighted by Gasteiger charge is 2.40. The van der Waals surface area contributed by atoms with Gasteiger partial charge in [0.1, 0.15) is 12.4 Å². The number of amidine groups is 1. The summed E-state index contributed by atoms with van der Waals surface area (Å²) in [4.78, 5) is 4.50. The molecule has 0 spiro atoms. The first kappa shape index (κ1) is 16.8. The molecule has 8 heteroatoms. The van der Waals surface area contributed by atoms with Crippen LogP contribution in [0, 0.1) is 0 Å². The maximum Gasteiger partial charge on any atom is 0.306 e. The SMILES string of the molecule is CS(=O)(=O)Oc1ccc(C2(c3cccc(Br)c3)COC(N)=N2)cc1. The Bertz CT molecular complexity index is 897. The van der Waals surface area contributed by atoms with E-state index in [2.05, 4.69) is 20.9 Å². The maximum absolute atomic E-state index is 11.2. The molecule has 1 unspecified atom stereocenters. The molecule has 2 aromatic carbocycles. The fraction of sp³-hybridized carbons (Fsp3) is 0.188. The van der Waals surface area contributed by atoms with Crippen LogP contribution >= 0.6 is 15.9 Å². The van der Waals surface area contributed by atoms with Crippen molar-refractivity contribution < 1.29 is 17.3 Å². The molecule has 0 saturated heterocycles. The Morgan fingerprint density at radius 2 is 1.92 bits per heavy atom. The Kier molecular flexibility index (Phi) is 4.27. The molecule has 0 aliphatic carbocycles. The summed E-state index contributed by atoms with van der Waals surface area (Å²) in [7, 11) is -3.57. The Hall–Kier alpha value is -2.06. The van der Waals surface area contributed by atoms with E-state index < -0.39 is 15.7 Å². The summed E-state index contributed by atoms with van der Waals surface area (Å²) in [5.41, 5.74) is 6.70. The molecule has 126 valence electrons. The number of rotatable bonds is 4. The van der Waals surface area contributed by atoms with Gasteiger partial charge in [0.25, 0.3) is 6.02 Å². The van der Waals surface area contributed by atoms with Crippen LogP contribution in [0.3, 0.4) is 0 Å². The lowest BCUT2D eigenvalue weighted by Crippen LogP contribution is -2.27. The van der Waals surface area contributed by atoms with Crippen molar-refractivity contribution in [3.63, 3.8) is 0 Å². The first-order chi connectivity index (χ1) is 11.3. The predicted molar refractivity (Wildman–Crippen MR) is 94.4 cm³/mol. The third-order valence-corrected chi connectivity index (χ3v) is 4.60. The van der Waals surface area contributed by atoms with E-state index >= 15 is 0 Å². The van der Waals surface area contributed by atoms with Gasteiger partial charge in [-0.25, -0.2) is 4.99 Å². The lowest BCUT2D eigenvalue weighted by atomic mass is 9.84. The van der Waals surface area contributed by atoms with E-state index in [0.29, 0.717) is 0 Å².